The fraction of sp³-hybridized carbons (Fsp3) is 0.250. The highest BCUT2D eigenvalue weighted by atomic mass is 14.0. The Morgan fingerprint density at radius 3 is 2.69 bits per heavy atom. The number of rotatable bonds is 5. The fourth-order valence-corrected chi connectivity index (χ4v) is 1.62. The summed E-state index contributed by atoms with van der Waals surface area (Å²) in [6.07, 6.45) is 10.4. The first-order valence-electron chi connectivity index (χ1n) is 5.80. The van der Waals surface area contributed by atoms with Crippen LogP contribution in [0.3, 0.4) is 0 Å². The van der Waals surface area contributed by atoms with Gasteiger partial charge in [-0.25, -0.2) is 0 Å². The molecule has 0 spiro atoms. The predicted octanol–water partition coefficient (Wildman–Crippen LogP) is 4.62. The van der Waals surface area contributed by atoms with E-state index in [4.69, 9.17) is 0 Å². The van der Waals surface area contributed by atoms with E-state index in [0.717, 1.165) is 12.8 Å². The molecule has 1 aromatic carbocycles. The molecule has 0 saturated heterocycles. The minimum atomic E-state index is 0.981. The fourth-order valence-electron chi connectivity index (χ4n) is 1.62. The van der Waals surface area contributed by atoms with Crippen LogP contribution in [0.5, 0.6) is 0 Å². The number of allylic oxidation sites excluding steroid dienone is 5. The summed E-state index contributed by atoms with van der Waals surface area (Å²) in [6, 6.07) is 8.52. The number of aryl methyl sites for hydroxylation is 1. The minimum absolute atomic E-state index is 0.981. The molecule has 0 aliphatic rings. The molecular formula is C16H20. The molecule has 0 radical (unpaired) electrons. The van der Waals surface area contributed by atoms with E-state index in [0.29, 0.717) is 0 Å². The minimum Gasteiger partial charge on any atom is -0.0991 e. The summed E-state index contributed by atoms with van der Waals surface area (Å²) < 4.78 is 0. The van der Waals surface area contributed by atoms with Crippen LogP contribution in [-0.4, -0.2) is 0 Å². The van der Waals surface area contributed by atoms with Gasteiger partial charge in [-0.3, -0.25) is 0 Å². The van der Waals surface area contributed by atoms with Crippen LogP contribution >= 0.6 is 0 Å². The first-order valence-corrected chi connectivity index (χ1v) is 5.80. The highest BCUT2D eigenvalue weighted by Gasteiger charge is 1.98. The summed E-state index contributed by atoms with van der Waals surface area (Å²) in [5.74, 6) is 0. The van der Waals surface area contributed by atoms with E-state index in [1.54, 1.807) is 0 Å². The van der Waals surface area contributed by atoms with Crippen LogP contribution < -0.4 is 0 Å². The lowest BCUT2D eigenvalue weighted by atomic mass is 10.00. The third-order valence-electron chi connectivity index (χ3n) is 2.56. The second-order valence-corrected chi connectivity index (χ2v) is 3.89. The molecule has 1 aromatic rings. The Labute approximate surface area is 99.0 Å². The van der Waals surface area contributed by atoms with Crippen molar-refractivity contribution in [2.24, 2.45) is 0 Å². The van der Waals surface area contributed by atoms with Gasteiger partial charge in [0.25, 0.3) is 0 Å². The van der Waals surface area contributed by atoms with Crippen molar-refractivity contribution in [2.75, 3.05) is 0 Å². The van der Waals surface area contributed by atoms with Crippen molar-refractivity contribution in [1.29, 1.82) is 0 Å². The number of benzene rings is 1. The zero-order chi connectivity index (χ0) is 11.8. The Morgan fingerprint density at radius 1 is 1.31 bits per heavy atom. The Kier molecular flexibility index (Phi) is 5.35. The summed E-state index contributed by atoms with van der Waals surface area (Å²) in [4.78, 5) is 0. The van der Waals surface area contributed by atoms with E-state index in [9.17, 15) is 0 Å². The van der Waals surface area contributed by atoms with Gasteiger partial charge in [-0.05, 0) is 36.5 Å². The second kappa shape index (κ2) is 6.84. The van der Waals surface area contributed by atoms with Crippen LogP contribution in [-0.2, 0) is 6.42 Å². The molecule has 0 atom stereocenters. The van der Waals surface area contributed by atoms with Crippen LogP contribution in [0.4, 0.5) is 0 Å². The largest absolute Gasteiger partial charge is 0.0991 e. The average Bonchev–Trinajstić information content (AvgIpc) is 2.29. The standard InChI is InChI=1S/C16H20/c1-4-6-11-15(9-5-2)13-16-12-8-7-10-14(16)3/h5-12H,2,4,13H2,1,3H3/b11-6-,15-9+. The van der Waals surface area contributed by atoms with Gasteiger partial charge >= 0.3 is 0 Å². The number of hydrogen-bond acceptors (Lipinski definition) is 0. The summed E-state index contributed by atoms with van der Waals surface area (Å²) in [5, 5.41) is 0. The summed E-state index contributed by atoms with van der Waals surface area (Å²) >= 11 is 0. The first kappa shape index (κ1) is 12.5. The lowest BCUT2D eigenvalue weighted by Crippen LogP contribution is -1.91. The normalized spacial score (nSPS) is 12.0. The Bertz CT molecular complexity index is 394. The molecule has 0 aliphatic heterocycles. The van der Waals surface area contributed by atoms with Gasteiger partial charge in [0.05, 0.1) is 0 Å². The molecule has 0 fully saturated rings. The third kappa shape index (κ3) is 3.90. The Balaban J connectivity index is 2.84. The van der Waals surface area contributed by atoms with Crippen molar-refractivity contribution < 1.29 is 0 Å². The van der Waals surface area contributed by atoms with Gasteiger partial charge in [-0.15, -0.1) is 0 Å². The summed E-state index contributed by atoms with van der Waals surface area (Å²) in [5.41, 5.74) is 4.05. The van der Waals surface area contributed by atoms with E-state index in [2.05, 4.69) is 62.9 Å². The molecule has 0 amide bonds. The molecule has 0 heteroatoms. The van der Waals surface area contributed by atoms with Gasteiger partial charge in [-0.2, -0.15) is 0 Å². The quantitative estimate of drug-likeness (QED) is 0.625. The Hall–Kier alpha value is -1.56. The van der Waals surface area contributed by atoms with Gasteiger partial charge < -0.3 is 0 Å². The van der Waals surface area contributed by atoms with Crippen molar-refractivity contribution in [3.63, 3.8) is 0 Å². The molecule has 0 aliphatic carbocycles. The SMILES string of the molecule is C=C/C=C(\C=C/CC)Cc1ccccc1C. The van der Waals surface area contributed by atoms with Crippen LogP contribution in [0.1, 0.15) is 24.5 Å². The number of hydrogen-bond donors (Lipinski definition) is 0. The zero-order valence-electron chi connectivity index (χ0n) is 10.2. The maximum absolute atomic E-state index is 3.76. The van der Waals surface area contributed by atoms with Crippen molar-refractivity contribution >= 4 is 0 Å². The van der Waals surface area contributed by atoms with E-state index < -0.39 is 0 Å². The summed E-state index contributed by atoms with van der Waals surface area (Å²) in [7, 11) is 0. The highest BCUT2D eigenvalue weighted by molar-refractivity contribution is 5.34. The van der Waals surface area contributed by atoms with E-state index in [1.165, 1.54) is 16.7 Å². The average molecular weight is 212 g/mol. The summed E-state index contributed by atoms with van der Waals surface area (Å²) in [6.45, 7) is 8.07. The smallest absolute Gasteiger partial charge is 0.00233 e. The zero-order valence-corrected chi connectivity index (χ0v) is 10.2. The predicted molar refractivity (Wildman–Crippen MR) is 72.6 cm³/mol. The van der Waals surface area contributed by atoms with Gasteiger partial charge in [0.15, 0.2) is 0 Å². The molecule has 0 N–H and O–H groups in total. The molecule has 0 unspecified atom stereocenters. The lowest BCUT2D eigenvalue weighted by molar-refractivity contribution is 1.14. The molecule has 1 rings (SSSR count). The maximum atomic E-state index is 3.76. The molecule has 0 bridgehead atoms. The maximum Gasteiger partial charge on any atom is -0.00233 e. The van der Waals surface area contributed by atoms with Crippen LogP contribution in [0.25, 0.3) is 0 Å². The van der Waals surface area contributed by atoms with Crippen LogP contribution in [0.15, 0.2) is 60.7 Å². The third-order valence-corrected chi connectivity index (χ3v) is 2.56. The topological polar surface area (TPSA) is 0 Å². The van der Waals surface area contributed by atoms with Crippen LogP contribution in [0, 0.1) is 6.92 Å². The molecule has 84 valence electrons. The van der Waals surface area contributed by atoms with Crippen molar-refractivity contribution in [1.82, 2.24) is 0 Å². The van der Waals surface area contributed by atoms with E-state index >= 15 is 0 Å². The molecular weight excluding hydrogens is 192 g/mol. The first-order chi connectivity index (χ1) is 7.77. The van der Waals surface area contributed by atoms with Crippen molar-refractivity contribution in [2.45, 2.75) is 26.7 Å². The monoisotopic (exact) mass is 212 g/mol. The molecule has 0 saturated carbocycles. The van der Waals surface area contributed by atoms with Gasteiger partial charge in [-0.1, -0.05) is 62.1 Å². The second-order valence-electron chi connectivity index (χ2n) is 3.89. The van der Waals surface area contributed by atoms with Gasteiger partial charge in [0.2, 0.25) is 0 Å². The van der Waals surface area contributed by atoms with Crippen molar-refractivity contribution in [3.05, 3.63) is 71.8 Å². The van der Waals surface area contributed by atoms with Gasteiger partial charge in [0, 0.05) is 0 Å². The molecule has 0 aromatic heterocycles. The van der Waals surface area contributed by atoms with E-state index in [-0.39, 0.29) is 0 Å². The van der Waals surface area contributed by atoms with Crippen LogP contribution in [0.2, 0.25) is 0 Å². The van der Waals surface area contributed by atoms with Crippen molar-refractivity contribution in [3.8, 4) is 0 Å². The Morgan fingerprint density at radius 2 is 2.06 bits per heavy atom. The van der Waals surface area contributed by atoms with E-state index in [1.807, 2.05) is 6.08 Å². The molecule has 0 nitrogen and oxygen atoms in total. The molecule has 0 heterocycles. The lowest BCUT2D eigenvalue weighted by Gasteiger charge is -2.06. The van der Waals surface area contributed by atoms with Gasteiger partial charge in [0.1, 0.15) is 0 Å². The highest BCUT2D eigenvalue weighted by Crippen LogP contribution is 2.14. The molecule has 16 heavy (non-hydrogen) atoms.